The summed E-state index contributed by atoms with van der Waals surface area (Å²) in [6.45, 7) is 23.6. The van der Waals surface area contributed by atoms with Gasteiger partial charge in [0, 0.05) is 39.9 Å². The number of hydrogen-bond donors (Lipinski definition) is 0. The fourth-order valence-electron chi connectivity index (χ4n) is 12.1. The van der Waals surface area contributed by atoms with Gasteiger partial charge in [0.2, 0.25) is 0 Å². The number of aryl methyl sites for hydroxylation is 3. The second kappa shape index (κ2) is 16.4. The molecule has 0 aromatic heterocycles. The molecular weight excluding hydrogens is 820 g/mol. The van der Waals surface area contributed by atoms with Gasteiger partial charge >= 0.3 is 6.85 Å². The third-order valence-electron chi connectivity index (χ3n) is 16.1. The molecule has 8 aromatic rings. The van der Waals surface area contributed by atoms with E-state index in [9.17, 15) is 0 Å². The molecule has 0 bridgehead atoms. The molecule has 0 amide bonds. The molecule has 0 radical (unpaired) electrons. The molecule has 3 heteroatoms. The summed E-state index contributed by atoms with van der Waals surface area (Å²) in [4.78, 5) is 5.37. The third-order valence-corrected chi connectivity index (χ3v) is 16.1. The Balaban J connectivity index is 1.22. The molecule has 0 N–H and O–H groups in total. The second-order valence-electron chi connectivity index (χ2n) is 22.8. The lowest BCUT2D eigenvalue weighted by Gasteiger charge is -2.47. The van der Waals surface area contributed by atoms with Crippen LogP contribution < -0.4 is 20.6 Å². The minimum Gasteiger partial charge on any atom is -0.376 e. The number of rotatable bonds is 8. The molecular formula is C65H67BN2. The van der Waals surface area contributed by atoms with Crippen molar-refractivity contribution in [2.24, 2.45) is 0 Å². The van der Waals surface area contributed by atoms with E-state index in [-0.39, 0.29) is 29.0 Å². The summed E-state index contributed by atoms with van der Waals surface area (Å²) in [5.74, 6) is 0.0573. The van der Waals surface area contributed by atoms with Crippen molar-refractivity contribution < 1.29 is 0 Å². The van der Waals surface area contributed by atoms with Crippen LogP contribution >= 0.6 is 0 Å². The van der Waals surface area contributed by atoms with Crippen molar-refractivity contribution in [1.29, 1.82) is 0 Å². The topological polar surface area (TPSA) is 6.48 Å². The highest BCUT2D eigenvalue weighted by atomic mass is 15.2. The van der Waals surface area contributed by atoms with Crippen molar-refractivity contribution in [2.45, 2.75) is 124 Å². The molecule has 0 spiro atoms. The van der Waals surface area contributed by atoms with Crippen LogP contribution in [0.1, 0.15) is 137 Å². The minimum absolute atomic E-state index is 0.0435. The summed E-state index contributed by atoms with van der Waals surface area (Å²) in [6, 6.07) is 61.7. The van der Waals surface area contributed by atoms with Gasteiger partial charge in [0.15, 0.2) is 0 Å². The van der Waals surface area contributed by atoms with Crippen LogP contribution in [0.15, 0.2) is 158 Å². The molecule has 1 aliphatic carbocycles. The SMILES string of the molecule is CCCCc1ccc(C(c2ccccc2)c2ccc3c(c2)N(c2cc4c(cc2C)C(C)(C)CCC4(C)C)c2cc(C)cc4c2B3N(c2ccc(C(C)(C)C)cc2)c2cc3ccccc3cc2-4)cc1. The highest BCUT2D eigenvalue weighted by Gasteiger charge is 2.46. The molecule has 1 unspecified atom stereocenters. The van der Waals surface area contributed by atoms with Crippen molar-refractivity contribution in [3.63, 3.8) is 0 Å². The third kappa shape index (κ3) is 7.40. The number of hydrogen-bond acceptors (Lipinski definition) is 2. The van der Waals surface area contributed by atoms with Gasteiger partial charge in [-0.15, -0.1) is 0 Å². The number of benzene rings is 8. The normalized spacial score (nSPS) is 15.9. The zero-order valence-electron chi connectivity index (χ0n) is 42.1. The lowest BCUT2D eigenvalue weighted by molar-refractivity contribution is 0.332. The van der Waals surface area contributed by atoms with Crippen LogP contribution in [0.25, 0.3) is 21.9 Å². The van der Waals surface area contributed by atoms with E-state index in [0.29, 0.717) is 0 Å². The molecule has 0 saturated carbocycles. The van der Waals surface area contributed by atoms with Crippen LogP contribution in [0.2, 0.25) is 0 Å². The zero-order valence-corrected chi connectivity index (χ0v) is 42.1. The maximum atomic E-state index is 2.69. The van der Waals surface area contributed by atoms with Crippen molar-refractivity contribution in [3.8, 4) is 11.1 Å². The van der Waals surface area contributed by atoms with Crippen LogP contribution in [0.5, 0.6) is 0 Å². The summed E-state index contributed by atoms with van der Waals surface area (Å²) in [5.41, 5.74) is 24.1. The van der Waals surface area contributed by atoms with Gasteiger partial charge < -0.3 is 9.71 Å². The number of unbranched alkanes of at least 4 members (excludes halogenated alkanes) is 1. The highest BCUT2D eigenvalue weighted by Crippen LogP contribution is 2.52. The average molecular weight is 887 g/mol. The minimum atomic E-state index is -0.0728. The first-order valence-electron chi connectivity index (χ1n) is 25.4. The lowest BCUT2D eigenvalue weighted by Crippen LogP contribution is -2.61. The van der Waals surface area contributed by atoms with Crippen LogP contribution in [0.4, 0.5) is 28.4 Å². The van der Waals surface area contributed by atoms with Gasteiger partial charge in [-0.2, -0.15) is 0 Å². The van der Waals surface area contributed by atoms with E-state index >= 15 is 0 Å². The van der Waals surface area contributed by atoms with E-state index in [1.165, 1.54) is 137 Å². The van der Waals surface area contributed by atoms with Gasteiger partial charge in [0.1, 0.15) is 0 Å². The van der Waals surface area contributed by atoms with E-state index in [1.54, 1.807) is 0 Å². The number of nitrogens with zero attached hydrogens (tertiary/aromatic N) is 2. The standard InChI is InChI=1S/C65H67BN2/c1-11-12-18-44-23-25-46(26-24-44)61(45-19-14-13-15-20-45)49-27-32-56-59(40-49)67(57-41-55-54(37-43(57)3)64(7,8)33-34-65(55,9)10)60-36-42(2)35-53-52-38-47-21-16-17-22-48(47)39-58(52)68(66(56)62(53)60)51-30-28-50(29-31-51)63(4,5)6/h13-17,19-32,35-41,61H,11-12,18,33-34H2,1-10H3. The predicted octanol–water partition coefficient (Wildman–Crippen LogP) is 16.3. The Morgan fingerprint density at radius 2 is 1.21 bits per heavy atom. The van der Waals surface area contributed by atoms with Gasteiger partial charge in [-0.25, -0.2) is 0 Å². The van der Waals surface area contributed by atoms with E-state index < -0.39 is 0 Å². The molecule has 68 heavy (non-hydrogen) atoms. The van der Waals surface area contributed by atoms with Crippen molar-refractivity contribution >= 4 is 57.0 Å². The molecule has 2 heterocycles. The molecule has 0 fully saturated rings. The van der Waals surface area contributed by atoms with Gasteiger partial charge in [0.05, 0.1) is 0 Å². The Hall–Kier alpha value is -6.32. The lowest BCUT2D eigenvalue weighted by atomic mass is 9.43. The maximum Gasteiger partial charge on any atom is 0.333 e. The summed E-state index contributed by atoms with van der Waals surface area (Å²) in [5, 5.41) is 2.52. The first-order chi connectivity index (χ1) is 32.6. The molecule has 1 atom stereocenters. The Bertz CT molecular complexity index is 3220. The van der Waals surface area contributed by atoms with Crippen LogP contribution in [0, 0.1) is 13.8 Å². The number of anilines is 5. The first-order valence-corrected chi connectivity index (χ1v) is 25.4. The van der Waals surface area contributed by atoms with E-state index in [4.69, 9.17) is 0 Å². The molecule has 3 aliphatic rings. The fraction of sp³-hybridized carbons (Fsp3) is 0.292. The first kappa shape index (κ1) is 44.2. The summed E-state index contributed by atoms with van der Waals surface area (Å²) >= 11 is 0. The molecule has 2 nitrogen and oxygen atoms in total. The average Bonchev–Trinajstić information content (AvgIpc) is 3.32. The second-order valence-corrected chi connectivity index (χ2v) is 22.8. The summed E-state index contributed by atoms with van der Waals surface area (Å²) < 4.78 is 0. The monoisotopic (exact) mass is 887 g/mol. The van der Waals surface area contributed by atoms with E-state index in [1.807, 2.05) is 0 Å². The maximum absolute atomic E-state index is 2.69. The molecule has 2 aliphatic heterocycles. The van der Waals surface area contributed by atoms with Gasteiger partial charge in [-0.3, -0.25) is 0 Å². The van der Waals surface area contributed by atoms with Crippen LogP contribution in [0.3, 0.4) is 0 Å². The smallest absolute Gasteiger partial charge is 0.333 e. The van der Waals surface area contributed by atoms with Crippen molar-refractivity contribution in [1.82, 2.24) is 0 Å². The quantitative estimate of drug-likeness (QED) is 0.111. The van der Waals surface area contributed by atoms with E-state index in [2.05, 4.69) is 237 Å². The largest absolute Gasteiger partial charge is 0.376 e. The fourth-order valence-corrected chi connectivity index (χ4v) is 12.1. The van der Waals surface area contributed by atoms with E-state index in [0.717, 1.165) is 6.42 Å². The van der Waals surface area contributed by atoms with Gasteiger partial charge in [0.25, 0.3) is 0 Å². The highest BCUT2D eigenvalue weighted by molar-refractivity contribution is 6.93. The van der Waals surface area contributed by atoms with Crippen molar-refractivity contribution in [3.05, 3.63) is 208 Å². The Kier molecular flexibility index (Phi) is 10.7. The van der Waals surface area contributed by atoms with Gasteiger partial charge in [-0.05, 0) is 176 Å². The van der Waals surface area contributed by atoms with Gasteiger partial charge in [-0.1, -0.05) is 177 Å². The molecule has 0 saturated heterocycles. The molecule has 340 valence electrons. The predicted molar refractivity (Wildman–Crippen MR) is 294 cm³/mol. The molecule has 8 aromatic carbocycles. The summed E-state index contributed by atoms with van der Waals surface area (Å²) in [7, 11) is 0. The molecule has 11 rings (SSSR count). The van der Waals surface area contributed by atoms with Crippen molar-refractivity contribution in [2.75, 3.05) is 9.71 Å². The zero-order chi connectivity index (χ0) is 47.3. The Morgan fingerprint density at radius 3 is 1.88 bits per heavy atom. The Morgan fingerprint density at radius 1 is 0.574 bits per heavy atom. The van der Waals surface area contributed by atoms with Crippen LogP contribution in [-0.4, -0.2) is 6.85 Å². The number of fused-ring (bicyclic) bond motifs is 6. The Labute approximate surface area is 407 Å². The summed E-state index contributed by atoms with van der Waals surface area (Å²) in [6.07, 6.45) is 5.89. The van der Waals surface area contributed by atoms with Crippen LogP contribution in [-0.2, 0) is 22.7 Å².